The summed E-state index contributed by atoms with van der Waals surface area (Å²) in [4.78, 5) is 14.6. The van der Waals surface area contributed by atoms with Crippen LogP contribution in [0.1, 0.15) is 38.2 Å². The molecular weight excluding hydrogens is 403 g/mol. The first-order valence-electron chi connectivity index (χ1n) is 10.4. The Hall–Kier alpha value is -2.25. The molecule has 1 aliphatic rings. The number of likely N-dealkylation sites (tertiary alicyclic amines) is 1. The molecule has 0 saturated carbocycles. The normalized spacial score (nSPS) is 19.6. The summed E-state index contributed by atoms with van der Waals surface area (Å²) in [5, 5.41) is 0. The molecule has 1 N–H and O–H groups in total. The first kappa shape index (κ1) is 22.4. The number of rotatable bonds is 7. The number of nitrogens with one attached hydrogen (secondary N) is 1. The molecule has 1 heterocycles. The topological polar surface area (TPSA) is 66.5 Å². The van der Waals surface area contributed by atoms with Crippen LogP contribution in [0.25, 0.3) is 11.1 Å². The number of hydrogen-bond donors (Lipinski definition) is 1. The summed E-state index contributed by atoms with van der Waals surface area (Å²) in [7, 11) is -3.40. The number of hydrogen-bond acceptors (Lipinski definition) is 3. The fourth-order valence-electron chi connectivity index (χ4n) is 4.19. The van der Waals surface area contributed by atoms with Crippen LogP contribution in [-0.4, -0.2) is 44.1 Å². The van der Waals surface area contributed by atoms with Gasteiger partial charge in [0.05, 0.1) is 12.3 Å². The molecule has 7 heteroatoms. The summed E-state index contributed by atoms with van der Waals surface area (Å²) in [5.74, 6) is -0.239. The van der Waals surface area contributed by atoms with E-state index in [9.17, 15) is 17.6 Å². The molecule has 2 unspecified atom stereocenters. The number of benzene rings is 2. The Kier molecular flexibility index (Phi) is 7.26. The average Bonchev–Trinajstić information content (AvgIpc) is 2.69. The molecule has 2 aromatic carbocycles. The van der Waals surface area contributed by atoms with Crippen molar-refractivity contribution >= 4 is 15.9 Å². The van der Waals surface area contributed by atoms with Gasteiger partial charge in [0.15, 0.2) is 0 Å². The van der Waals surface area contributed by atoms with Crippen LogP contribution >= 0.6 is 0 Å². The van der Waals surface area contributed by atoms with E-state index in [1.54, 1.807) is 18.2 Å². The van der Waals surface area contributed by atoms with Crippen molar-refractivity contribution in [3.05, 3.63) is 59.9 Å². The van der Waals surface area contributed by atoms with Crippen LogP contribution in [0.5, 0.6) is 0 Å². The van der Waals surface area contributed by atoms with Crippen molar-refractivity contribution < 1.29 is 17.6 Å². The predicted octanol–water partition coefficient (Wildman–Crippen LogP) is 3.74. The number of carbonyl (C=O) groups excluding carboxylic acids is 1. The van der Waals surface area contributed by atoms with Gasteiger partial charge < -0.3 is 4.90 Å². The number of carbonyl (C=O) groups is 1. The molecule has 1 aliphatic heterocycles. The summed E-state index contributed by atoms with van der Waals surface area (Å²) in [6, 6.07) is 13.6. The fraction of sp³-hybridized carbons (Fsp3) is 0.435. The highest BCUT2D eigenvalue weighted by molar-refractivity contribution is 7.88. The molecule has 0 bridgehead atoms. The van der Waals surface area contributed by atoms with E-state index in [1.807, 2.05) is 36.1 Å². The van der Waals surface area contributed by atoms with E-state index < -0.39 is 10.0 Å². The third-order valence-electron chi connectivity index (χ3n) is 5.49. The zero-order valence-corrected chi connectivity index (χ0v) is 18.3. The monoisotopic (exact) mass is 432 g/mol. The van der Waals surface area contributed by atoms with E-state index in [-0.39, 0.29) is 23.8 Å². The lowest BCUT2D eigenvalue weighted by molar-refractivity contribution is -0.135. The van der Waals surface area contributed by atoms with Crippen LogP contribution in [0.15, 0.2) is 48.5 Å². The third-order valence-corrected chi connectivity index (χ3v) is 6.22. The molecule has 1 amide bonds. The van der Waals surface area contributed by atoms with Crippen molar-refractivity contribution in [2.24, 2.45) is 0 Å². The predicted molar refractivity (Wildman–Crippen MR) is 117 cm³/mol. The maximum absolute atomic E-state index is 14.2. The Morgan fingerprint density at radius 3 is 2.67 bits per heavy atom. The van der Waals surface area contributed by atoms with Crippen LogP contribution in [0, 0.1) is 5.82 Å². The van der Waals surface area contributed by atoms with E-state index in [2.05, 4.69) is 4.72 Å². The zero-order chi connectivity index (χ0) is 21.7. The van der Waals surface area contributed by atoms with Gasteiger partial charge in [-0.2, -0.15) is 0 Å². The molecule has 0 radical (unpaired) electrons. The van der Waals surface area contributed by atoms with Crippen molar-refractivity contribution in [1.82, 2.24) is 9.62 Å². The minimum absolute atomic E-state index is 0.0489. The number of halogens is 1. The lowest BCUT2D eigenvalue weighted by Gasteiger charge is -2.41. The van der Waals surface area contributed by atoms with E-state index in [1.165, 1.54) is 6.07 Å². The molecule has 5 nitrogen and oxygen atoms in total. The van der Waals surface area contributed by atoms with Gasteiger partial charge in [-0.25, -0.2) is 17.5 Å². The fourth-order valence-corrected chi connectivity index (χ4v) is 5.02. The van der Waals surface area contributed by atoms with Gasteiger partial charge in [0.2, 0.25) is 15.9 Å². The van der Waals surface area contributed by atoms with Crippen molar-refractivity contribution in [2.75, 3.05) is 12.8 Å². The molecule has 30 heavy (non-hydrogen) atoms. The SMILES string of the molecule is CCCC(=O)N1CCCC(NS(C)(=O)=O)C1Cc1cccc(-c2ccccc2F)c1. The lowest BCUT2D eigenvalue weighted by Crippen LogP contribution is -2.57. The standard InChI is InChI=1S/C23H29FN2O3S/c1-3-8-23(27)26-14-7-13-21(25-30(2,28)29)22(26)16-17-9-6-10-18(15-17)19-11-4-5-12-20(19)24/h4-6,9-12,15,21-22,25H,3,7-8,13-14,16H2,1-2H3. The molecule has 3 rings (SSSR count). The summed E-state index contributed by atoms with van der Waals surface area (Å²) < 4.78 is 40.8. The molecule has 0 aliphatic carbocycles. The maximum atomic E-state index is 14.2. The quantitative estimate of drug-likeness (QED) is 0.725. The van der Waals surface area contributed by atoms with Gasteiger partial charge >= 0.3 is 0 Å². The summed E-state index contributed by atoms with van der Waals surface area (Å²) >= 11 is 0. The minimum atomic E-state index is -3.40. The first-order valence-corrected chi connectivity index (χ1v) is 12.3. The Bertz CT molecular complexity index is 993. The molecule has 2 atom stereocenters. The average molecular weight is 433 g/mol. The van der Waals surface area contributed by atoms with E-state index in [4.69, 9.17) is 0 Å². The maximum Gasteiger partial charge on any atom is 0.222 e. The van der Waals surface area contributed by atoms with Crippen molar-refractivity contribution in [3.8, 4) is 11.1 Å². The van der Waals surface area contributed by atoms with Gasteiger partial charge in [-0.1, -0.05) is 49.4 Å². The highest BCUT2D eigenvalue weighted by Crippen LogP contribution is 2.27. The molecule has 162 valence electrons. The van der Waals surface area contributed by atoms with Gasteiger partial charge in [0, 0.05) is 24.6 Å². The minimum Gasteiger partial charge on any atom is -0.338 e. The number of nitrogens with zero attached hydrogens (tertiary/aromatic N) is 1. The van der Waals surface area contributed by atoms with E-state index in [0.29, 0.717) is 31.4 Å². The largest absolute Gasteiger partial charge is 0.338 e. The second kappa shape index (κ2) is 9.71. The van der Waals surface area contributed by atoms with Gasteiger partial charge in [0.1, 0.15) is 5.82 Å². The van der Waals surface area contributed by atoms with Crippen LogP contribution in [-0.2, 0) is 21.2 Å². The first-order chi connectivity index (χ1) is 14.3. The summed E-state index contributed by atoms with van der Waals surface area (Å²) in [5.41, 5.74) is 2.23. The third kappa shape index (κ3) is 5.67. The van der Waals surface area contributed by atoms with E-state index in [0.717, 1.165) is 30.2 Å². The molecule has 1 saturated heterocycles. The number of sulfonamides is 1. The van der Waals surface area contributed by atoms with Crippen LogP contribution in [0.4, 0.5) is 4.39 Å². The van der Waals surface area contributed by atoms with E-state index >= 15 is 0 Å². The van der Waals surface area contributed by atoms with Gasteiger partial charge in [-0.15, -0.1) is 0 Å². The molecule has 1 fully saturated rings. The Morgan fingerprint density at radius 1 is 1.20 bits per heavy atom. The molecular formula is C23H29FN2O3S. The lowest BCUT2D eigenvalue weighted by atomic mass is 9.90. The number of piperidine rings is 1. The number of amides is 1. The highest BCUT2D eigenvalue weighted by atomic mass is 32.2. The van der Waals surface area contributed by atoms with Crippen molar-refractivity contribution in [3.63, 3.8) is 0 Å². The second-order valence-electron chi connectivity index (χ2n) is 7.93. The zero-order valence-electron chi connectivity index (χ0n) is 17.5. The van der Waals surface area contributed by atoms with Crippen LogP contribution < -0.4 is 4.72 Å². The second-order valence-corrected chi connectivity index (χ2v) is 9.71. The van der Waals surface area contributed by atoms with Crippen molar-refractivity contribution in [2.45, 2.75) is 51.1 Å². The molecule has 0 spiro atoms. The summed E-state index contributed by atoms with van der Waals surface area (Å²) in [6.07, 6.45) is 4.28. The van der Waals surface area contributed by atoms with Crippen LogP contribution in [0.3, 0.4) is 0 Å². The van der Waals surface area contributed by atoms with Crippen LogP contribution in [0.2, 0.25) is 0 Å². The molecule has 2 aromatic rings. The van der Waals surface area contributed by atoms with Gasteiger partial charge in [-0.3, -0.25) is 4.79 Å². The Labute approximate surface area is 178 Å². The highest BCUT2D eigenvalue weighted by Gasteiger charge is 2.35. The molecule has 0 aromatic heterocycles. The summed E-state index contributed by atoms with van der Waals surface area (Å²) in [6.45, 7) is 2.58. The van der Waals surface area contributed by atoms with Gasteiger partial charge in [-0.05, 0) is 42.9 Å². The Morgan fingerprint density at radius 2 is 1.97 bits per heavy atom. The van der Waals surface area contributed by atoms with Gasteiger partial charge in [0.25, 0.3) is 0 Å². The van der Waals surface area contributed by atoms with Crippen molar-refractivity contribution in [1.29, 1.82) is 0 Å². The smallest absolute Gasteiger partial charge is 0.222 e. The Balaban J connectivity index is 1.91.